The van der Waals surface area contributed by atoms with Gasteiger partial charge in [-0.25, -0.2) is 0 Å². The lowest BCUT2D eigenvalue weighted by Crippen LogP contribution is -2.39. The first-order valence-corrected chi connectivity index (χ1v) is 9.11. The van der Waals surface area contributed by atoms with E-state index in [0.29, 0.717) is 23.3 Å². The molecule has 0 aromatic heterocycles. The van der Waals surface area contributed by atoms with E-state index in [4.69, 9.17) is 14.2 Å². The summed E-state index contributed by atoms with van der Waals surface area (Å²) in [5.41, 5.74) is 0.980. The van der Waals surface area contributed by atoms with Gasteiger partial charge < -0.3 is 24.8 Å². The summed E-state index contributed by atoms with van der Waals surface area (Å²) in [6.07, 6.45) is 2.59. The Bertz CT molecular complexity index is 560. The number of hydrogen-bond donors (Lipinski definition) is 2. The highest BCUT2D eigenvalue weighted by molar-refractivity contribution is 8.00. The maximum atomic E-state index is 5.46. The lowest BCUT2D eigenvalue weighted by atomic mass is 10.1. The van der Waals surface area contributed by atoms with E-state index < -0.39 is 0 Å². The molecule has 1 fully saturated rings. The van der Waals surface area contributed by atoms with Crippen LogP contribution in [0, 0.1) is 0 Å². The van der Waals surface area contributed by atoms with Gasteiger partial charge in [-0.05, 0) is 24.7 Å². The number of aliphatic imine (C=N–C) groups is 1. The van der Waals surface area contributed by atoms with E-state index in [1.807, 2.05) is 23.9 Å². The zero-order valence-electron chi connectivity index (χ0n) is 14.8. The predicted molar refractivity (Wildman–Crippen MR) is 99.8 cm³/mol. The molecule has 1 unspecified atom stereocenters. The average Bonchev–Trinajstić information content (AvgIpc) is 3.14. The Balaban J connectivity index is 1.98. The number of nitrogens with zero attached hydrogens (tertiary/aromatic N) is 1. The Morgan fingerprint density at radius 1 is 1.12 bits per heavy atom. The molecule has 2 rings (SSSR count). The molecule has 0 amide bonds. The third kappa shape index (κ3) is 4.87. The molecule has 0 radical (unpaired) electrons. The second-order valence-corrected chi connectivity index (χ2v) is 6.87. The summed E-state index contributed by atoms with van der Waals surface area (Å²) in [6.45, 7) is 1.52. The van der Waals surface area contributed by atoms with Crippen molar-refractivity contribution in [1.29, 1.82) is 0 Å². The first kappa shape index (κ1) is 18.6. The summed E-state index contributed by atoms with van der Waals surface area (Å²) in [4.78, 5) is 4.28. The fourth-order valence-electron chi connectivity index (χ4n) is 2.65. The zero-order chi connectivity index (χ0) is 17.4. The fraction of sp³-hybridized carbons (Fsp3) is 0.588. The van der Waals surface area contributed by atoms with Crippen molar-refractivity contribution in [2.45, 2.75) is 24.6 Å². The summed E-state index contributed by atoms with van der Waals surface area (Å²) >= 11 is 2.03. The van der Waals surface area contributed by atoms with Gasteiger partial charge in [-0.15, -0.1) is 0 Å². The maximum Gasteiger partial charge on any atom is 0.191 e. The monoisotopic (exact) mass is 353 g/mol. The van der Waals surface area contributed by atoms with Gasteiger partial charge in [0, 0.05) is 37.0 Å². The lowest BCUT2D eigenvalue weighted by Gasteiger charge is -2.17. The number of rotatable bonds is 7. The lowest BCUT2D eigenvalue weighted by molar-refractivity contribution is 0.347. The van der Waals surface area contributed by atoms with Gasteiger partial charge in [-0.3, -0.25) is 4.99 Å². The summed E-state index contributed by atoms with van der Waals surface area (Å²) < 4.78 is 16.1. The minimum Gasteiger partial charge on any atom is -0.496 e. The quantitative estimate of drug-likeness (QED) is 0.579. The van der Waals surface area contributed by atoms with E-state index in [9.17, 15) is 0 Å². The van der Waals surface area contributed by atoms with Crippen molar-refractivity contribution >= 4 is 17.7 Å². The van der Waals surface area contributed by atoms with Crippen LogP contribution >= 0.6 is 11.8 Å². The number of nitrogens with one attached hydrogen (secondary N) is 2. The minimum absolute atomic E-state index is 0.584. The molecule has 0 saturated carbocycles. The van der Waals surface area contributed by atoms with Crippen LogP contribution in [0.2, 0.25) is 0 Å². The van der Waals surface area contributed by atoms with Crippen LogP contribution in [-0.4, -0.2) is 51.9 Å². The number of thioether (sulfide) groups is 1. The van der Waals surface area contributed by atoms with Crippen molar-refractivity contribution in [1.82, 2.24) is 10.6 Å². The molecule has 6 nitrogen and oxygen atoms in total. The second kappa shape index (κ2) is 9.52. The normalized spacial score (nSPS) is 17.5. The van der Waals surface area contributed by atoms with Gasteiger partial charge >= 0.3 is 0 Å². The molecule has 0 spiro atoms. The molecule has 1 atom stereocenters. The molecule has 1 aliphatic rings. The van der Waals surface area contributed by atoms with Crippen LogP contribution in [0.1, 0.15) is 18.4 Å². The van der Waals surface area contributed by atoms with Gasteiger partial charge in [0.05, 0.1) is 21.3 Å². The Morgan fingerprint density at radius 3 is 2.42 bits per heavy atom. The van der Waals surface area contributed by atoms with Crippen molar-refractivity contribution in [3.8, 4) is 17.2 Å². The maximum absolute atomic E-state index is 5.46. The molecule has 0 aliphatic carbocycles. The van der Waals surface area contributed by atoms with E-state index >= 15 is 0 Å². The average molecular weight is 353 g/mol. The number of ether oxygens (including phenoxy) is 3. The predicted octanol–water partition coefficient (Wildman–Crippen LogP) is 2.27. The van der Waals surface area contributed by atoms with Crippen molar-refractivity contribution < 1.29 is 14.2 Å². The molecular formula is C17H27N3O3S. The zero-order valence-corrected chi connectivity index (χ0v) is 15.7. The Kier molecular flexibility index (Phi) is 7.36. The topological polar surface area (TPSA) is 64.1 Å². The molecule has 1 saturated heterocycles. The highest BCUT2D eigenvalue weighted by Gasteiger charge is 2.16. The molecule has 1 aromatic rings. The number of benzene rings is 1. The Hall–Kier alpha value is -1.76. The van der Waals surface area contributed by atoms with Gasteiger partial charge in [0.15, 0.2) is 17.5 Å². The van der Waals surface area contributed by atoms with E-state index in [-0.39, 0.29) is 0 Å². The van der Waals surface area contributed by atoms with Crippen molar-refractivity contribution in [3.05, 3.63) is 17.7 Å². The SMILES string of the molecule is CN=C(NCc1cc(OC)c(OC)cc1OC)NCC1CCCS1. The van der Waals surface area contributed by atoms with Gasteiger partial charge in [0.2, 0.25) is 0 Å². The van der Waals surface area contributed by atoms with Crippen LogP contribution in [0.15, 0.2) is 17.1 Å². The minimum atomic E-state index is 0.584. The van der Waals surface area contributed by atoms with Crippen LogP contribution in [0.25, 0.3) is 0 Å². The van der Waals surface area contributed by atoms with Crippen LogP contribution in [0.4, 0.5) is 0 Å². The van der Waals surface area contributed by atoms with Crippen molar-refractivity contribution in [3.63, 3.8) is 0 Å². The van der Waals surface area contributed by atoms with Crippen LogP contribution < -0.4 is 24.8 Å². The molecule has 1 aromatic carbocycles. The summed E-state index contributed by atoms with van der Waals surface area (Å²) in [5.74, 6) is 4.14. The Labute approximate surface area is 148 Å². The third-order valence-electron chi connectivity index (χ3n) is 3.98. The molecule has 0 bridgehead atoms. The van der Waals surface area contributed by atoms with E-state index in [1.165, 1.54) is 18.6 Å². The highest BCUT2D eigenvalue weighted by atomic mass is 32.2. The van der Waals surface area contributed by atoms with E-state index in [1.54, 1.807) is 28.4 Å². The van der Waals surface area contributed by atoms with Gasteiger partial charge in [0.25, 0.3) is 0 Å². The highest BCUT2D eigenvalue weighted by Crippen LogP contribution is 2.34. The summed E-state index contributed by atoms with van der Waals surface area (Å²) in [6, 6.07) is 3.76. The van der Waals surface area contributed by atoms with E-state index in [2.05, 4.69) is 15.6 Å². The number of guanidine groups is 1. The van der Waals surface area contributed by atoms with Crippen LogP contribution in [-0.2, 0) is 6.54 Å². The van der Waals surface area contributed by atoms with Gasteiger partial charge in [-0.2, -0.15) is 11.8 Å². The van der Waals surface area contributed by atoms with E-state index in [0.717, 1.165) is 23.8 Å². The molecule has 134 valence electrons. The largest absolute Gasteiger partial charge is 0.496 e. The molecule has 7 heteroatoms. The van der Waals surface area contributed by atoms with Crippen molar-refractivity contribution in [2.75, 3.05) is 40.7 Å². The summed E-state index contributed by atoms with van der Waals surface area (Å²) in [5, 5.41) is 7.40. The van der Waals surface area contributed by atoms with Gasteiger partial charge in [-0.1, -0.05) is 0 Å². The van der Waals surface area contributed by atoms with Crippen molar-refractivity contribution in [2.24, 2.45) is 4.99 Å². The fourth-order valence-corrected chi connectivity index (χ4v) is 3.85. The molecule has 1 heterocycles. The standard InChI is InChI=1S/C17H27N3O3S/c1-18-17(20-11-13-6-5-7-24-13)19-10-12-8-15(22-3)16(23-4)9-14(12)21-2/h8-9,13H,5-7,10-11H2,1-4H3,(H2,18,19,20). The number of methoxy groups -OCH3 is 3. The second-order valence-electron chi connectivity index (χ2n) is 5.46. The first-order valence-electron chi connectivity index (χ1n) is 8.06. The molecule has 1 aliphatic heterocycles. The number of hydrogen-bond acceptors (Lipinski definition) is 5. The van der Waals surface area contributed by atoms with Gasteiger partial charge in [0.1, 0.15) is 5.75 Å². The van der Waals surface area contributed by atoms with Crippen LogP contribution in [0.3, 0.4) is 0 Å². The molecule has 24 heavy (non-hydrogen) atoms. The molecular weight excluding hydrogens is 326 g/mol. The third-order valence-corrected chi connectivity index (χ3v) is 5.38. The summed E-state index contributed by atoms with van der Waals surface area (Å²) in [7, 11) is 6.67. The first-order chi connectivity index (χ1) is 11.7. The Morgan fingerprint density at radius 2 is 1.83 bits per heavy atom. The smallest absolute Gasteiger partial charge is 0.191 e. The molecule has 2 N–H and O–H groups in total. The van der Waals surface area contributed by atoms with Crippen LogP contribution in [0.5, 0.6) is 17.2 Å².